The average Bonchev–Trinajstić information content (AvgIpc) is 2.94. The SMILES string of the molecule is CCOC(C)(C)c1nc(CCNC2CC2)cs1. The smallest absolute Gasteiger partial charge is 0.124 e. The van der Waals surface area contributed by atoms with Crippen molar-refractivity contribution in [2.45, 2.75) is 51.7 Å². The van der Waals surface area contributed by atoms with Crippen molar-refractivity contribution in [3.05, 3.63) is 16.1 Å². The fraction of sp³-hybridized carbons (Fsp3) is 0.769. The molecule has 0 radical (unpaired) electrons. The summed E-state index contributed by atoms with van der Waals surface area (Å²) in [4.78, 5) is 4.67. The molecule has 0 amide bonds. The van der Waals surface area contributed by atoms with Crippen LogP contribution in [0.4, 0.5) is 0 Å². The third-order valence-corrected chi connectivity index (χ3v) is 4.16. The molecular formula is C13H22N2OS. The minimum Gasteiger partial charge on any atom is -0.369 e. The average molecular weight is 254 g/mol. The highest BCUT2D eigenvalue weighted by molar-refractivity contribution is 7.09. The molecule has 3 nitrogen and oxygen atoms in total. The lowest BCUT2D eigenvalue weighted by molar-refractivity contribution is -0.0142. The Morgan fingerprint density at radius 1 is 1.53 bits per heavy atom. The molecule has 17 heavy (non-hydrogen) atoms. The highest BCUT2D eigenvalue weighted by Gasteiger charge is 2.24. The third kappa shape index (κ3) is 3.76. The monoisotopic (exact) mass is 254 g/mol. The van der Waals surface area contributed by atoms with Crippen molar-refractivity contribution in [3.8, 4) is 0 Å². The molecule has 1 N–H and O–H groups in total. The van der Waals surface area contributed by atoms with Crippen LogP contribution in [0.15, 0.2) is 5.38 Å². The fourth-order valence-corrected chi connectivity index (χ4v) is 2.74. The van der Waals surface area contributed by atoms with Crippen LogP contribution < -0.4 is 5.32 Å². The minimum absolute atomic E-state index is 0.248. The zero-order valence-corrected chi connectivity index (χ0v) is 11.8. The molecule has 0 saturated heterocycles. The molecule has 1 aliphatic rings. The summed E-state index contributed by atoms with van der Waals surface area (Å²) in [7, 11) is 0. The Morgan fingerprint density at radius 2 is 2.29 bits per heavy atom. The first-order valence-corrected chi connectivity index (χ1v) is 7.32. The maximum absolute atomic E-state index is 5.71. The van der Waals surface area contributed by atoms with Crippen molar-refractivity contribution in [3.63, 3.8) is 0 Å². The molecule has 1 fully saturated rings. The standard InChI is InChI=1S/C13H22N2OS/c1-4-16-13(2,3)12-15-11(9-17-12)7-8-14-10-5-6-10/h9-10,14H,4-8H2,1-3H3. The van der Waals surface area contributed by atoms with Crippen LogP contribution in [0.5, 0.6) is 0 Å². The topological polar surface area (TPSA) is 34.1 Å². The van der Waals surface area contributed by atoms with Gasteiger partial charge in [0.15, 0.2) is 0 Å². The van der Waals surface area contributed by atoms with E-state index >= 15 is 0 Å². The van der Waals surface area contributed by atoms with Gasteiger partial charge in [0.25, 0.3) is 0 Å². The van der Waals surface area contributed by atoms with Gasteiger partial charge in [0, 0.05) is 31.0 Å². The van der Waals surface area contributed by atoms with Gasteiger partial charge in [0.1, 0.15) is 10.6 Å². The fourth-order valence-electron chi connectivity index (χ4n) is 1.81. The van der Waals surface area contributed by atoms with Gasteiger partial charge in [0.2, 0.25) is 0 Å². The first-order chi connectivity index (χ1) is 8.12. The molecule has 1 aliphatic carbocycles. The van der Waals surface area contributed by atoms with Gasteiger partial charge in [-0.1, -0.05) is 0 Å². The van der Waals surface area contributed by atoms with E-state index < -0.39 is 0 Å². The lowest BCUT2D eigenvalue weighted by Gasteiger charge is -2.21. The van der Waals surface area contributed by atoms with E-state index in [-0.39, 0.29) is 5.60 Å². The lowest BCUT2D eigenvalue weighted by Crippen LogP contribution is -2.22. The first-order valence-electron chi connectivity index (χ1n) is 6.44. The van der Waals surface area contributed by atoms with Gasteiger partial charge in [-0.25, -0.2) is 4.98 Å². The first kappa shape index (κ1) is 13.0. The molecule has 0 spiro atoms. The molecule has 0 aromatic carbocycles. The number of hydrogen-bond donors (Lipinski definition) is 1. The highest BCUT2D eigenvalue weighted by atomic mass is 32.1. The van der Waals surface area contributed by atoms with Gasteiger partial charge in [0.05, 0.1) is 5.69 Å². The van der Waals surface area contributed by atoms with Crippen molar-refractivity contribution in [2.24, 2.45) is 0 Å². The van der Waals surface area contributed by atoms with Crippen molar-refractivity contribution in [2.75, 3.05) is 13.2 Å². The summed E-state index contributed by atoms with van der Waals surface area (Å²) < 4.78 is 5.71. The molecule has 0 atom stereocenters. The maximum Gasteiger partial charge on any atom is 0.124 e. The summed E-state index contributed by atoms with van der Waals surface area (Å²) in [5.74, 6) is 0. The molecule has 1 heterocycles. The molecule has 96 valence electrons. The van der Waals surface area contributed by atoms with Crippen LogP contribution in [0.2, 0.25) is 0 Å². The number of hydrogen-bond acceptors (Lipinski definition) is 4. The summed E-state index contributed by atoms with van der Waals surface area (Å²) in [6.45, 7) is 7.97. The van der Waals surface area contributed by atoms with Crippen molar-refractivity contribution in [1.29, 1.82) is 0 Å². The van der Waals surface area contributed by atoms with Crippen LogP contribution >= 0.6 is 11.3 Å². The summed E-state index contributed by atoms with van der Waals surface area (Å²) in [5, 5.41) is 6.75. The Balaban J connectivity index is 1.85. The molecule has 1 aromatic heterocycles. The number of ether oxygens (including phenoxy) is 1. The minimum atomic E-state index is -0.248. The van der Waals surface area contributed by atoms with Crippen LogP contribution in [0.1, 0.15) is 44.3 Å². The van der Waals surface area contributed by atoms with Gasteiger partial charge in [-0.2, -0.15) is 0 Å². The van der Waals surface area contributed by atoms with E-state index in [0.717, 1.165) is 30.6 Å². The summed E-state index contributed by atoms with van der Waals surface area (Å²) in [6.07, 6.45) is 3.72. The number of nitrogens with zero attached hydrogens (tertiary/aromatic N) is 1. The molecule has 1 aromatic rings. The highest BCUT2D eigenvalue weighted by Crippen LogP contribution is 2.27. The van der Waals surface area contributed by atoms with E-state index in [4.69, 9.17) is 4.74 Å². The van der Waals surface area contributed by atoms with Crippen molar-refractivity contribution in [1.82, 2.24) is 10.3 Å². The van der Waals surface area contributed by atoms with Crippen LogP contribution in [0.3, 0.4) is 0 Å². The summed E-state index contributed by atoms with van der Waals surface area (Å²) in [6, 6.07) is 0.785. The Kier molecular flexibility index (Phi) is 4.17. The lowest BCUT2D eigenvalue weighted by atomic mass is 10.1. The summed E-state index contributed by atoms with van der Waals surface area (Å²) >= 11 is 1.71. The largest absolute Gasteiger partial charge is 0.369 e. The van der Waals surface area contributed by atoms with Crippen molar-refractivity contribution >= 4 is 11.3 Å². The molecule has 0 aliphatic heterocycles. The van der Waals surface area contributed by atoms with Crippen LogP contribution in [-0.4, -0.2) is 24.2 Å². The number of nitrogens with one attached hydrogen (secondary N) is 1. The molecule has 0 unspecified atom stereocenters. The summed E-state index contributed by atoms with van der Waals surface area (Å²) in [5.41, 5.74) is 0.938. The van der Waals surface area contributed by atoms with Gasteiger partial charge in [-0.3, -0.25) is 0 Å². The number of rotatable bonds is 7. The maximum atomic E-state index is 5.71. The second-order valence-electron chi connectivity index (χ2n) is 5.07. The van der Waals surface area contributed by atoms with Gasteiger partial charge < -0.3 is 10.1 Å². The van der Waals surface area contributed by atoms with E-state index in [1.165, 1.54) is 18.5 Å². The quantitative estimate of drug-likeness (QED) is 0.812. The van der Waals surface area contributed by atoms with Gasteiger partial charge in [-0.05, 0) is 33.6 Å². The number of aromatic nitrogens is 1. The molecule has 1 saturated carbocycles. The second kappa shape index (κ2) is 5.46. The second-order valence-corrected chi connectivity index (χ2v) is 5.92. The Labute approximate surface area is 108 Å². The molecule has 4 heteroatoms. The van der Waals surface area contributed by atoms with Crippen molar-refractivity contribution < 1.29 is 4.74 Å². The van der Waals surface area contributed by atoms with E-state index in [1.54, 1.807) is 11.3 Å². The molecular weight excluding hydrogens is 232 g/mol. The Morgan fingerprint density at radius 3 is 2.94 bits per heavy atom. The van der Waals surface area contributed by atoms with Crippen LogP contribution in [0.25, 0.3) is 0 Å². The zero-order valence-electron chi connectivity index (χ0n) is 11.0. The predicted octanol–water partition coefficient (Wildman–Crippen LogP) is 2.71. The van der Waals surface area contributed by atoms with E-state index in [0.29, 0.717) is 0 Å². The van der Waals surface area contributed by atoms with E-state index in [1.807, 2.05) is 6.92 Å². The van der Waals surface area contributed by atoms with Crippen LogP contribution in [-0.2, 0) is 16.8 Å². The van der Waals surface area contributed by atoms with Crippen LogP contribution in [0, 0.1) is 0 Å². The van der Waals surface area contributed by atoms with Gasteiger partial charge >= 0.3 is 0 Å². The predicted molar refractivity (Wildman–Crippen MR) is 71.5 cm³/mol. The number of thiazole rings is 1. The van der Waals surface area contributed by atoms with Gasteiger partial charge in [-0.15, -0.1) is 11.3 Å². The Hall–Kier alpha value is -0.450. The molecule has 0 bridgehead atoms. The normalized spacial score (nSPS) is 16.4. The molecule has 2 rings (SSSR count). The Bertz CT molecular complexity index is 358. The zero-order chi connectivity index (χ0) is 12.3. The van der Waals surface area contributed by atoms with E-state index in [9.17, 15) is 0 Å². The van der Waals surface area contributed by atoms with E-state index in [2.05, 4.69) is 29.5 Å². The third-order valence-electron chi connectivity index (χ3n) is 2.96.